The third-order valence-corrected chi connectivity index (χ3v) is 3.24. The molecule has 0 radical (unpaired) electrons. The maximum absolute atomic E-state index is 11.6. The van der Waals surface area contributed by atoms with E-state index in [0.717, 1.165) is 23.5 Å². The summed E-state index contributed by atoms with van der Waals surface area (Å²) >= 11 is 6.24. The minimum absolute atomic E-state index is 0.422. The summed E-state index contributed by atoms with van der Waals surface area (Å²) in [4.78, 5) is 11.6. The van der Waals surface area contributed by atoms with Crippen LogP contribution in [0.1, 0.15) is 26.3 Å². The highest BCUT2D eigenvalue weighted by Crippen LogP contribution is 2.33. The molecule has 1 aliphatic rings. The van der Waals surface area contributed by atoms with E-state index in [0.29, 0.717) is 24.6 Å². The lowest BCUT2D eigenvalue weighted by Crippen LogP contribution is -2.33. The number of carbonyl (C=O) groups is 1. The second-order valence-corrected chi connectivity index (χ2v) is 6.30. The molecule has 1 heterocycles. The van der Waals surface area contributed by atoms with Crippen molar-refractivity contribution in [3.8, 4) is 5.75 Å². The molecule has 6 heteroatoms. The van der Waals surface area contributed by atoms with Crippen molar-refractivity contribution >= 4 is 23.4 Å². The molecule has 1 amide bonds. The van der Waals surface area contributed by atoms with Crippen molar-refractivity contribution < 1.29 is 14.3 Å². The van der Waals surface area contributed by atoms with Crippen molar-refractivity contribution in [3.63, 3.8) is 0 Å². The first-order valence-electron chi connectivity index (χ1n) is 7.01. The summed E-state index contributed by atoms with van der Waals surface area (Å²) in [5.74, 6) is 0.804. The molecule has 0 aromatic heterocycles. The molecular weight excluding hydrogens is 292 g/mol. The molecule has 1 aliphatic heterocycles. The van der Waals surface area contributed by atoms with Crippen LogP contribution in [-0.4, -0.2) is 31.4 Å². The molecule has 0 unspecified atom stereocenters. The number of hydrogen-bond acceptors (Lipinski definition) is 4. The van der Waals surface area contributed by atoms with Gasteiger partial charge in [0.05, 0.1) is 5.69 Å². The van der Waals surface area contributed by atoms with E-state index >= 15 is 0 Å². The molecule has 0 saturated carbocycles. The zero-order chi connectivity index (χ0) is 15.5. The van der Waals surface area contributed by atoms with E-state index < -0.39 is 11.7 Å². The zero-order valence-electron chi connectivity index (χ0n) is 12.6. The van der Waals surface area contributed by atoms with Gasteiger partial charge in [0.2, 0.25) is 0 Å². The van der Waals surface area contributed by atoms with Gasteiger partial charge in [-0.15, -0.1) is 0 Å². The standard InChI is InChI=1S/C15H21ClN2O3/c1-15(2,3)21-14(19)18-5-4-10-8-13-12(9-11(10)16)17-6-7-20-13/h8-9,17H,4-7H2,1-3H3,(H,18,19). The molecule has 1 aromatic rings. The Balaban J connectivity index is 1.90. The van der Waals surface area contributed by atoms with Gasteiger partial charge >= 0.3 is 6.09 Å². The molecule has 1 aromatic carbocycles. The highest BCUT2D eigenvalue weighted by Gasteiger charge is 2.16. The summed E-state index contributed by atoms with van der Waals surface area (Å²) in [6.07, 6.45) is 0.198. The second kappa shape index (κ2) is 6.43. The van der Waals surface area contributed by atoms with Crippen molar-refractivity contribution in [1.29, 1.82) is 0 Å². The van der Waals surface area contributed by atoms with Gasteiger partial charge in [0.25, 0.3) is 0 Å². The van der Waals surface area contributed by atoms with Crippen molar-refractivity contribution in [2.45, 2.75) is 32.8 Å². The number of halogens is 1. The number of amides is 1. The van der Waals surface area contributed by atoms with Crippen LogP contribution < -0.4 is 15.4 Å². The van der Waals surface area contributed by atoms with Gasteiger partial charge in [-0.3, -0.25) is 0 Å². The van der Waals surface area contributed by atoms with Crippen LogP contribution in [-0.2, 0) is 11.2 Å². The van der Waals surface area contributed by atoms with E-state index in [9.17, 15) is 4.79 Å². The maximum Gasteiger partial charge on any atom is 0.407 e. The van der Waals surface area contributed by atoms with E-state index in [1.54, 1.807) is 0 Å². The minimum Gasteiger partial charge on any atom is -0.490 e. The van der Waals surface area contributed by atoms with Crippen molar-refractivity contribution in [3.05, 3.63) is 22.7 Å². The number of carbonyl (C=O) groups excluding carboxylic acids is 1. The minimum atomic E-state index is -0.493. The lowest BCUT2D eigenvalue weighted by Gasteiger charge is -2.21. The smallest absolute Gasteiger partial charge is 0.407 e. The van der Waals surface area contributed by atoms with Crippen LogP contribution in [0.25, 0.3) is 0 Å². The number of fused-ring (bicyclic) bond motifs is 1. The van der Waals surface area contributed by atoms with Gasteiger partial charge in [0.1, 0.15) is 18.0 Å². The Labute approximate surface area is 130 Å². The zero-order valence-corrected chi connectivity index (χ0v) is 13.3. The predicted molar refractivity (Wildman–Crippen MR) is 83.4 cm³/mol. The summed E-state index contributed by atoms with van der Waals surface area (Å²) in [5, 5.41) is 6.61. The van der Waals surface area contributed by atoms with Crippen LogP contribution in [0.5, 0.6) is 5.75 Å². The Morgan fingerprint density at radius 3 is 2.95 bits per heavy atom. The van der Waals surface area contributed by atoms with Gasteiger partial charge in [-0.25, -0.2) is 4.79 Å². The van der Waals surface area contributed by atoms with Crippen LogP contribution in [0.2, 0.25) is 5.02 Å². The topological polar surface area (TPSA) is 59.6 Å². The van der Waals surface area contributed by atoms with E-state index in [4.69, 9.17) is 21.1 Å². The second-order valence-electron chi connectivity index (χ2n) is 5.89. The lowest BCUT2D eigenvalue weighted by atomic mass is 10.1. The van der Waals surface area contributed by atoms with Gasteiger partial charge in [-0.2, -0.15) is 0 Å². The van der Waals surface area contributed by atoms with Crippen molar-refractivity contribution in [1.82, 2.24) is 5.32 Å². The number of benzene rings is 1. The highest BCUT2D eigenvalue weighted by molar-refractivity contribution is 6.31. The molecule has 0 saturated heterocycles. The summed E-state index contributed by atoms with van der Waals surface area (Å²) in [7, 11) is 0. The number of anilines is 1. The Kier molecular flexibility index (Phi) is 4.83. The van der Waals surface area contributed by atoms with Gasteiger partial charge in [0.15, 0.2) is 0 Å². The van der Waals surface area contributed by atoms with Crippen molar-refractivity contribution in [2.24, 2.45) is 0 Å². The van der Waals surface area contributed by atoms with E-state index in [-0.39, 0.29) is 0 Å². The Bertz CT molecular complexity index is 526. The summed E-state index contributed by atoms with van der Waals surface area (Å²) in [5.41, 5.74) is 1.36. The lowest BCUT2D eigenvalue weighted by molar-refractivity contribution is 0.0528. The van der Waals surface area contributed by atoms with Gasteiger partial charge in [-0.05, 0) is 44.9 Å². The number of hydrogen-bond donors (Lipinski definition) is 2. The molecule has 116 valence electrons. The highest BCUT2D eigenvalue weighted by atomic mass is 35.5. The SMILES string of the molecule is CC(C)(C)OC(=O)NCCc1cc2c(cc1Cl)NCCO2. The first kappa shape index (κ1) is 15.8. The molecule has 5 nitrogen and oxygen atoms in total. The molecule has 0 spiro atoms. The maximum atomic E-state index is 11.6. The number of rotatable bonds is 3. The monoisotopic (exact) mass is 312 g/mol. The van der Waals surface area contributed by atoms with E-state index in [1.807, 2.05) is 32.9 Å². The van der Waals surface area contributed by atoms with Crippen LogP contribution in [0.3, 0.4) is 0 Å². The van der Waals surface area contributed by atoms with Crippen LogP contribution >= 0.6 is 11.6 Å². The van der Waals surface area contributed by atoms with Crippen LogP contribution in [0.4, 0.5) is 10.5 Å². The average molecular weight is 313 g/mol. The first-order chi connectivity index (χ1) is 9.85. The number of alkyl carbamates (subject to hydrolysis) is 1. The van der Waals surface area contributed by atoms with Gasteiger partial charge < -0.3 is 20.1 Å². The molecule has 2 N–H and O–H groups in total. The molecule has 2 rings (SSSR count). The molecule has 0 aliphatic carbocycles. The van der Waals surface area contributed by atoms with Crippen LogP contribution in [0.15, 0.2) is 12.1 Å². The Hall–Kier alpha value is -1.62. The Morgan fingerprint density at radius 1 is 1.48 bits per heavy atom. The van der Waals surface area contributed by atoms with Crippen LogP contribution in [0, 0.1) is 0 Å². The largest absolute Gasteiger partial charge is 0.490 e. The van der Waals surface area contributed by atoms with Gasteiger partial charge in [0, 0.05) is 18.1 Å². The summed E-state index contributed by atoms with van der Waals surface area (Å²) in [6, 6.07) is 3.78. The van der Waals surface area contributed by atoms with Gasteiger partial charge in [-0.1, -0.05) is 11.6 Å². The van der Waals surface area contributed by atoms with E-state index in [2.05, 4.69) is 10.6 Å². The molecule has 0 atom stereocenters. The molecule has 0 fully saturated rings. The van der Waals surface area contributed by atoms with Crippen molar-refractivity contribution in [2.75, 3.05) is 25.0 Å². The molecule has 21 heavy (non-hydrogen) atoms. The normalized spacial score (nSPS) is 13.7. The third kappa shape index (κ3) is 4.70. The number of nitrogens with one attached hydrogen (secondary N) is 2. The number of ether oxygens (including phenoxy) is 2. The fraction of sp³-hybridized carbons (Fsp3) is 0.533. The molecule has 0 bridgehead atoms. The predicted octanol–water partition coefficient (Wildman–Crippen LogP) is 3.21. The Morgan fingerprint density at radius 2 is 2.24 bits per heavy atom. The summed E-state index contributed by atoms with van der Waals surface area (Å²) in [6.45, 7) is 7.37. The molecular formula is C15H21ClN2O3. The quantitative estimate of drug-likeness (QED) is 0.899. The summed E-state index contributed by atoms with van der Waals surface area (Å²) < 4.78 is 10.8. The third-order valence-electron chi connectivity index (χ3n) is 2.89. The average Bonchev–Trinajstić information content (AvgIpc) is 2.37. The first-order valence-corrected chi connectivity index (χ1v) is 7.39. The fourth-order valence-electron chi connectivity index (χ4n) is 2.00. The fourth-order valence-corrected chi connectivity index (χ4v) is 2.26. The van der Waals surface area contributed by atoms with E-state index in [1.165, 1.54) is 0 Å².